The van der Waals surface area contributed by atoms with Gasteiger partial charge in [0.25, 0.3) is 0 Å². The number of ether oxygens (including phenoxy) is 1. The molecule has 1 fully saturated rings. The van der Waals surface area contributed by atoms with Crippen LogP contribution in [0.3, 0.4) is 0 Å². The lowest BCUT2D eigenvalue weighted by atomic mass is 9.95. The lowest BCUT2D eigenvalue weighted by Crippen LogP contribution is -2.39. The third-order valence-corrected chi connectivity index (χ3v) is 4.08. The van der Waals surface area contributed by atoms with Crippen LogP contribution in [0.25, 0.3) is 0 Å². The highest BCUT2D eigenvalue weighted by molar-refractivity contribution is 5.80. The zero-order chi connectivity index (χ0) is 13.2. The molecule has 2 aliphatic heterocycles. The van der Waals surface area contributed by atoms with Gasteiger partial charge in [0.05, 0.1) is 5.92 Å². The van der Waals surface area contributed by atoms with Crippen molar-refractivity contribution in [2.75, 3.05) is 26.3 Å². The number of amides is 1. The van der Waals surface area contributed by atoms with E-state index in [1.807, 2.05) is 29.2 Å². The number of likely N-dealkylation sites (tertiary alicyclic amines) is 1. The summed E-state index contributed by atoms with van der Waals surface area (Å²) in [5, 5.41) is 9.14. The van der Waals surface area contributed by atoms with Crippen molar-refractivity contribution in [3.05, 3.63) is 29.8 Å². The normalized spacial score (nSPS) is 25.8. The fourth-order valence-corrected chi connectivity index (χ4v) is 2.93. The van der Waals surface area contributed by atoms with Crippen molar-refractivity contribution in [3.63, 3.8) is 0 Å². The fraction of sp³-hybridized carbons (Fsp3) is 0.533. The van der Waals surface area contributed by atoms with Gasteiger partial charge in [-0.25, -0.2) is 0 Å². The molecule has 1 amide bonds. The number of hydrogen-bond donors (Lipinski definition) is 1. The fourth-order valence-electron chi connectivity index (χ4n) is 2.93. The Labute approximate surface area is 113 Å². The number of hydrogen-bond acceptors (Lipinski definition) is 3. The Morgan fingerprint density at radius 2 is 2.26 bits per heavy atom. The Kier molecular flexibility index (Phi) is 3.42. The summed E-state index contributed by atoms with van der Waals surface area (Å²) in [6, 6.07) is 7.91. The van der Waals surface area contributed by atoms with E-state index in [1.54, 1.807) is 0 Å². The highest BCUT2D eigenvalue weighted by Gasteiger charge is 2.33. The zero-order valence-corrected chi connectivity index (χ0v) is 10.9. The van der Waals surface area contributed by atoms with Crippen molar-refractivity contribution in [1.29, 1.82) is 0 Å². The number of aliphatic hydroxyl groups is 1. The van der Waals surface area contributed by atoms with Gasteiger partial charge in [-0.05, 0) is 24.5 Å². The standard InChI is InChI=1S/C15H19NO3/c17-9-11-5-6-16(8-11)15(18)13-7-12-3-1-2-4-14(12)19-10-13/h1-4,11,13,17H,5-10H2. The summed E-state index contributed by atoms with van der Waals surface area (Å²) in [5.41, 5.74) is 1.12. The summed E-state index contributed by atoms with van der Waals surface area (Å²) in [6.07, 6.45) is 1.67. The van der Waals surface area contributed by atoms with E-state index in [0.717, 1.165) is 30.7 Å². The molecule has 0 spiro atoms. The first-order chi connectivity index (χ1) is 9.28. The predicted octanol–water partition coefficient (Wildman–Crippen LogP) is 1.08. The van der Waals surface area contributed by atoms with E-state index in [1.165, 1.54) is 0 Å². The average molecular weight is 261 g/mol. The number of fused-ring (bicyclic) bond motifs is 1. The summed E-state index contributed by atoms with van der Waals surface area (Å²) < 4.78 is 5.67. The predicted molar refractivity (Wildman–Crippen MR) is 70.9 cm³/mol. The highest BCUT2D eigenvalue weighted by atomic mass is 16.5. The molecule has 0 bridgehead atoms. The molecule has 2 heterocycles. The molecule has 19 heavy (non-hydrogen) atoms. The molecule has 0 radical (unpaired) electrons. The molecule has 102 valence electrons. The Balaban J connectivity index is 1.66. The second-order valence-corrected chi connectivity index (χ2v) is 5.44. The summed E-state index contributed by atoms with van der Waals surface area (Å²) in [5.74, 6) is 1.25. The molecular formula is C15H19NO3. The molecule has 4 heteroatoms. The van der Waals surface area contributed by atoms with Gasteiger partial charge in [-0.2, -0.15) is 0 Å². The number of carbonyl (C=O) groups excluding carboxylic acids is 1. The molecule has 4 nitrogen and oxygen atoms in total. The SMILES string of the molecule is O=C(C1COc2ccccc2C1)N1CCC(CO)C1. The smallest absolute Gasteiger partial charge is 0.229 e. The summed E-state index contributed by atoms with van der Waals surface area (Å²) >= 11 is 0. The van der Waals surface area contributed by atoms with Crippen LogP contribution in [0, 0.1) is 11.8 Å². The first-order valence-electron chi connectivity index (χ1n) is 6.88. The largest absolute Gasteiger partial charge is 0.492 e. The molecule has 0 saturated carbocycles. The molecule has 1 aromatic carbocycles. The van der Waals surface area contributed by atoms with E-state index in [-0.39, 0.29) is 24.3 Å². The van der Waals surface area contributed by atoms with Crippen molar-refractivity contribution in [2.45, 2.75) is 12.8 Å². The van der Waals surface area contributed by atoms with Crippen LogP contribution in [0.15, 0.2) is 24.3 Å². The molecular weight excluding hydrogens is 242 g/mol. The van der Waals surface area contributed by atoms with Crippen molar-refractivity contribution in [2.24, 2.45) is 11.8 Å². The lowest BCUT2D eigenvalue weighted by Gasteiger charge is -2.28. The molecule has 0 aromatic heterocycles. The molecule has 1 N–H and O–H groups in total. The molecule has 3 rings (SSSR count). The summed E-state index contributed by atoms with van der Waals surface area (Å²) in [7, 11) is 0. The van der Waals surface area contributed by atoms with Crippen LogP contribution in [0.4, 0.5) is 0 Å². The van der Waals surface area contributed by atoms with E-state index >= 15 is 0 Å². The van der Waals surface area contributed by atoms with Crippen LogP contribution in [-0.4, -0.2) is 42.2 Å². The van der Waals surface area contributed by atoms with Crippen LogP contribution in [0.1, 0.15) is 12.0 Å². The van der Waals surface area contributed by atoms with E-state index in [4.69, 9.17) is 9.84 Å². The van der Waals surface area contributed by atoms with E-state index in [2.05, 4.69) is 0 Å². The highest BCUT2D eigenvalue weighted by Crippen LogP contribution is 2.28. The third-order valence-electron chi connectivity index (χ3n) is 4.08. The molecule has 1 saturated heterocycles. The van der Waals surface area contributed by atoms with Gasteiger partial charge in [-0.1, -0.05) is 18.2 Å². The zero-order valence-electron chi connectivity index (χ0n) is 10.9. The Bertz CT molecular complexity index is 474. The number of para-hydroxylation sites is 1. The first kappa shape index (κ1) is 12.5. The van der Waals surface area contributed by atoms with E-state index in [0.29, 0.717) is 13.2 Å². The Morgan fingerprint density at radius 1 is 1.42 bits per heavy atom. The summed E-state index contributed by atoms with van der Waals surface area (Å²) in [6.45, 7) is 2.10. The Hall–Kier alpha value is -1.55. The van der Waals surface area contributed by atoms with Crippen LogP contribution in [0.2, 0.25) is 0 Å². The van der Waals surface area contributed by atoms with Gasteiger partial charge >= 0.3 is 0 Å². The minimum Gasteiger partial charge on any atom is -0.492 e. The summed E-state index contributed by atoms with van der Waals surface area (Å²) in [4.78, 5) is 14.3. The molecule has 1 aromatic rings. The monoisotopic (exact) mass is 261 g/mol. The van der Waals surface area contributed by atoms with Crippen molar-refractivity contribution in [3.8, 4) is 5.75 Å². The first-order valence-corrected chi connectivity index (χ1v) is 6.88. The topological polar surface area (TPSA) is 49.8 Å². The van der Waals surface area contributed by atoms with Gasteiger partial charge < -0.3 is 14.7 Å². The van der Waals surface area contributed by atoms with Gasteiger partial charge in [0.15, 0.2) is 0 Å². The Morgan fingerprint density at radius 3 is 3.05 bits per heavy atom. The maximum absolute atomic E-state index is 12.4. The number of benzene rings is 1. The van der Waals surface area contributed by atoms with Crippen molar-refractivity contribution >= 4 is 5.91 Å². The second-order valence-electron chi connectivity index (χ2n) is 5.44. The number of nitrogens with zero attached hydrogens (tertiary/aromatic N) is 1. The minimum atomic E-state index is -0.0765. The number of rotatable bonds is 2. The number of aliphatic hydroxyl groups excluding tert-OH is 1. The molecule has 0 aliphatic carbocycles. The van der Waals surface area contributed by atoms with Crippen LogP contribution >= 0.6 is 0 Å². The minimum absolute atomic E-state index is 0.0765. The third kappa shape index (κ3) is 2.45. The maximum Gasteiger partial charge on any atom is 0.229 e. The van der Waals surface area contributed by atoms with Gasteiger partial charge in [0.2, 0.25) is 5.91 Å². The van der Waals surface area contributed by atoms with Crippen LogP contribution in [-0.2, 0) is 11.2 Å². The number of carbonyl (C=O) groups is 1. The second kappa shape index (κ2) is 5.21. The van der Waals surface area contributed by atoms with Gasteiger partial charge in [0.1, 0.15) is 12.4 Å². The lowest BCUT2D eigenvalue weighted by molar-refractivity contribution is -0.136. The van der Waals surface area contributed by atoms with Crippen LogP contribution < -0.4 is 4.74 Å². The van der Waals surface area contributed by atoms with Gasteiger partial charge in [-0.3, -0.25) is 4.79 Å². The van der Waals surface area contributed by atoms with Gasteiger partial charge in [0, 0.05) is 25.6 Å². The molecule has 2 aliphatic rings. The average Bonchev–Trinajstić information content (AvgIpc) is 2.95. The van der Waals surface area contributed by atoms with Crippen molar-refractivity contribution in [1.82, 2.24) is 4.90 Å². The molecule has 2 unspecified atom stereocenters. The van der Waals surface area contributed by atoms with E-state index < -0.39 is 0 Å². The van der Waals surface area contributed by atoms with E-state index in [9.17, 15) is 4.79 Å². The quantitative estimate of drug-likeness (QED) is 0.866. The van der Waals surface area contributed by atoms with Crippen molar-refractivity contribution < 1.29 is 14.6 Å². The molecule has 2 atom stereocenters. The maximum atomic E-state index is 12.4. The van der Waals surface area contributed by atoms with Crippen LogP contribution in [0.5, 0.6) is 5.75 Å². The van der Waals surface area contributed by atoms with Gasteiger partial charge in [-0.15, -0.1) is 0 Å².